The Morgan fingerprint density at radius 3 is 2.69 bits per heavy atom. The van der Waals surface area contributed by atoms with Gasteiger partial charge in [-0.1, -0.05) is 18.2 Å². The quantitative estimate of drug-likeness (QED) is 0.850. The first-order valence-corrected chi connectivity index (χ1v) is 5.21. The number of benzene rings is 1. The predicted molar refractivity (Wildman–Crippen MR) is 56.5 cm³/mol. The summed E-state index contributed by atoms with van der Waals surface area (Å²) < 4.78 is 1.67. The Hall–Kier alpha value is -0.870. The van der Waals surface area contributed by atoms with Gasteiger partial charge in [-0.2, -0.15) is 0 Å². The summed E-state index contributed by atoms with van der Waals surface area (Å²) in [7, 11) is 0. The minimum Gasteiger partial charge on any atom is -0.477 e. The molecule has 2 nitrogen and oxygen atoms in total. The molecule has 0 fully saturated rings. The highest BCUT2D eigenvalue weighted by Crippen LogP contribution is 2.35. The van der Waals surface area contributed by atoms with Gasteiger partial charge in [0.25, 0.3) is 0 Å². The van der Waals surface area contributed by atoms with Gasteiger partial charge < -0.3 is 5.11 Å². The van der Waals surface area contributed by atoms with Crippen molar-refractivity contribution >= 4 is 43.3 Å². The molecule has 1 heterocycles. The van der Waals surface area contributed by atoms with Crippen LogP contribution in [0.15, 0.2) is 28.7 Å². The Morgan fingerprint density at radius 1 is 1.38 bits per heavy atom. The van der Waals surface area contributed by atoms with Gasteiger partial charge in [0.1, 0.15) is 4.88 Å². The number of halogens is 1. The summed E-state index contributed by atoms with van der Waals surface area (Å²) in [6, 6.07) is 7.61. The van der Waals surface area contributed by atoms with Gasteiger partial charge in [-0.05, 0) is 22.0 Å². The highest BCUT2D eigenvalue weighted by molar-refractivity contribution is 9.10. The van der Waals surface area contributed by atoms with E-state index in [2.05, 4.69) is 15.9 Å². The van der Waals surface area contributed by atoms with Crippen molar-refractivity contribution in [2.45, 2.75) is 0 Å². The van der Waals surface area contributed by atoms with Gasteiger partial charge in [-0.3, -0.25) is 0 Å². The zero-order valence-electron chi connectivity index (χ0n) is 6.45. The van der Waals surface area contributed by atoms with E-state index in [4.69, 9.17) is 5.11 Å². The molecule has 0 saturated heterocycles. The van der Waals surface area contributed by atoms with E-state index in [1.165, 1.54) is 11.3 Å². The number of thiophene rings is 1. The van der Waals surface area contributed by atoms with Crippen LogP contribution in [-0.4, -0.2) is 11.1 Å². The van der Waals surface area contributed by atoms with Gasteiger partial charge in [-0.25, -0.2) is 4.79 Å². The van der Waals surface area contributed by atoms with Gasteiger partial charge >= 0.3 is 5.97 Å². The fourth-order valence-corrected chi connectivity index (χ4v) is 2.97. The number of carbonyl (C=O) groups is 1. The van der Waals surface area contributed by atoms with Gasteiger partial charge in [0.2, 0.25) is 0 Å². The van der Waals surface area contributed by atoms with Crippen LogP contribution in [0.4, 0.5) is 0 Å². The largest absolute Gasteiger partial charge is 0.477 e. The fourth-order valence-electron chi connectivity index (χ4n) is 1.15. The monoisotopic (exact) mass is 256 g/mol. The summed E-state index contributed by atoms with van der Waals surface area (Å²) >= 11 is 4.57. The first kappa shape index (κ1) is 8.72. The van der Waals surface area contributed by atoms with Crippen LogP contribution in [0.1, 0.15) is 9.67 Å². The standard InChI is InChI=1S/C9H5BrO2S/c10-7-5-3-1-2-4-6(5)13-8(7)9(11)12/h1-4H,(H,11,12). The van der Waals surface area contributed by atoms with Gasteiger partial charge in [-0.15, -0.1) is 11.3 Å². The third kappa shape index (κ3) is 1.36. The predicted octanol–water partition coefficient (Wildman–Crippen LogP) is 3.36. The molecule has 2 rings (SSSR count). The maximum atomic E-state index is 10.8. The lowest BCUT2D eigenvalue weighted by atomic mass is 10.2. The molecular formula is C9H5BrO2S. The molecule has 0 aliphatic carbocycles. The van der Waals surface area contributed by atoms with E-state index in [9.17, 15) is 4.79 Å². The van der Waals surface area contributed by atoms with Crippen molar-refractivity contribution in [2.75, 3.05) is 0 Å². The number of rotatable bonds is 1. The first-order chi connectivity index (χ1) is 6.20. The van der Waals surface area contributed by atoms with Gasteiger partial charge in [0.15, 0.2) is 0 Å². The van der Waals surface area contributed by atoms with Crippen molar-refractivity contribution in [3.05, 3.63) is 33.6 Å². The second-order valence-electron chi connectivity index (χ2n) is 2.55. The maximum absolute atomic E-state index is 10.8. The lowest BCUT2D eigenvalue weighted by molar-refractivity contribution is 0.0701. The summed E-state index contributed by atoms with van der Waals surface area (Å²) in [5, 5.41) is 9.81. The summed E-state index contributed by atoms with van der Waals surface area (Å²) in [5.41, 5.74) is 0. The zero-order chi connectivity index (χ0) is 9.42. The van der Waals surface area contributed by atoms with E-state index < -0.39 is 5.97 Å². The number of fused-ring (bicyclic) bond motifs is 1. The van der Waals surface area contributed by atoms with E-state index in [-0.39, 0.29) is 0 Å². The average Bonchev–Trinajstić information content (AvgIpc) is 2.45. The minimum atomic E-state index is -0.881. The Balaban J connectivity index is 2.81. The Morgan fingerprint density at radius 2 is 2.08 bits per heavy atom. The van der Waals surface area contributed by atoms with Crippen LogP contribution < -0.4 is 0 Å². The Kier molecular flexibility index (Phi) is 2.09. The number of hydrogen-bond acceptors (Lipinski definition) is 2. The van der Waals surface area contributed by atoms with Crippen LogP contribution in [0.3, 0.4) is 0 Å². The number of hydrogen-bond donors (Lipinski definition) is 1. The van der Waals surface area contributed by atoms with Crippen molar-refractivity contribution in [1.29, 1.82) is 0 Å². The molecule has 0 spiro atoms. The third-order valence-corrected chi connectivity index (χ3v) is 3.97. The van der Waals surface area contributed by atoms with Gasteiger partial charge in [0.05, 0.1) is 4.47 Å². The molecule has 0 radical (unpaired) electrons. The molecule has 1 aromatic heterocycles. The molecule has 66 valence electrons. The summed E-state index contributed by atoms with van der Waals surface area (Å²) in [6.07, 6.45) is 0. The smallest absolute Gasteiger partial charge is 0.347 e. The van der Waals surface area contributed by atoms with Gasteiger partial charge in [0, 0.05) is 10.1 Å². The Bertz CT molecular complexity index is 475. The molecule has 1 N–H and O–H groups in total. The zero-order valence-corrected chi connectivity index (χ0v) is 8.85. The van der Waals surface area contributed by atoms with Crippen LogP contribution in [0.2, 0.25) is 0 Å². The molecule has 0 atom stereocenters. The number of carboxylic acid groups (broad SMARTS) is 1. The van der Waals surface area contributed by atoms with Crippen molar-refractivity contribution in [3.8, 4) is 0 Å². The minimum absolute atomic E-state index is 0.362. The third-order valence-electron chi connectivity index (χ3n) is 1.73. The summed E-state index contributed by atoms with van der Waals surface area (Å²) in [6.45, 7) is 0. The molecule has 1 aromatic carbocycles. The van der Waals surface area contributed by atoms with Crippen molar-refractivity contribution in [1.82, 2.24) is 0 Å². The lowest BCUT2D eigenvalue weighted by Gasteiger charge is -1.88. The van der Waals surface area contributed by atoms with E-state index in [0.717, 1.165) is 10.1 Å². The van der Waals surface area contributed by atoms with Crippen LogP contribution >= 0.6 is 27.3 Å². The van der Waals surface area contributed by atoms with Crippen molar-refractivity contribution in [3.63, 3.8) is 0 Å². The molecule has 0 saturated carbocycles. The first-order valence-electron chi connectivity index (χ1n) is 3.60. The number of aromatic carboxylic acids is 1. The molecule has 2 aromatic rings. The molecule has 0 bridgehead atoms. The van der Waals surface area contributed by atoms with E-state index in [1.807, 2.05) is 24.3 Å². The lowest BCUT2D eigenvalue weighted by Crippen LogP contribution is -1.91. The number of carboxylic acids is 1. The maximum Gasteiger partial charge on any atom is 0.347 e. The SMILES string of the molecule is O=C(O)c1sc2ccccc2c1Br. The molecule has 13 heavy (non-hydrogen) atoms. The molecule has 0 amide bonds. The second kappa shape index (κ2) is 3.12. The molecule has 0 unspecified atom stereocenters. The fraction of sp³-hybridized carbons (Fsp3) is 0. The molecular weight excluding hydrogens is 252 g/mol. The highest BCUT2D eigenvalue weighted by atomic mass is 79.9. The molecule has 4 heteroatoms. The highest BCUT2D eigenvalue weighted by Gasteiger charge is 2.14. The normalized spacial score (nSPS) is 10.5. The van der Waals surface area contributed by atoms with Crippen LogP contribution in [-0.2, 0) is 0 Å². The second-order valence-corrected chi connectivity index (χ2v) is 4.39. The summed E-state index contributed by atoms with van der Waals surface area (Å²) in [5.74, 6) is -0.881. The van der Waals surface area contributed by atoms with E-state index in [0.29, 0.717) is 9.35 Å². The molecule has 0 aliphatic rings. The average molecular weight is 257 g/mol. The van der Waals surface area contributed by atoms with Crippen molar-refractivity contribution in [2.24, 2.45) is 0 Å². The molecule has 0 aliphatic heterocycles. The topological polar surface area (TPSA) is 37.3 Å². The van der Waals surface area contributed by atoms with E-state index in [1.54, 1.807) is 0 Å². The van der Waals surface area contributed by atoms with E-state index >= 15 is 0 Å². The Labute approximate surface area is 86.9 Å². The van der Waals surface area contributed by atoms with Crippen molar-refractivity contribution < 1.29 is 9.90 Å². The van der Waals surface area contributed by atoms with Crippen LogP contribution in [0, 0.1) is 0 Å². The van der Waals surface area contributed by atoms with Crippen LogP contribution in [0.25, 0.3) is 10.1 Å². The van der Waals surface area contributed by atoms with Crippen LogP contribution in [0.5, 0.6) is 0 Å². The summed E-state index contributed by atoms with van der Waals surface area (Å²) in [4.78, 5) is 11.1.